The molecule has 0 aliphatic carbocycles. The van der Waals surface area contributed by atoms with Crippen molar-refractivity contribution >= 4 is 11.6 Å². The Morgan fingerprint density at radius 1 is 1.37 bits per heavy atom. The third kappa shape index (κ3) is 2.22. The summed E-state index contributed by atoms with van der Waals surface area (Å²) in [5, 5.41) is 16.4. The zero-order chi connectivity index (χ0) is 13.4. The Morgan fingerprint density at radius 2 is 2.11 bits per heavy atom. The van der Waals surface area contributed by atoms with Gasteiger partial charge in [0.2, 0.25) is 5.91 Å². The van der Waals surface area contributed by atoms with Crippen LogP contribution in [-0.4, -0.2) is 38.8 Å². The molecule has 1 aliphatic heterocycles. The van der Waals surface area contributed by atoms with Crippen LogP contribution in [0.25, 0.3) is 11.4 Å². The highest BCUT2D eigenvalue weighted by molar-refractivity contribution is 5.96. The Labute approximate surface area is 110 Å². The molecule has 1 amide bonds. The van der Waals surface area contributed by atoms with Gasteiger partial charge in [0.05, 0.1) is 19.1 Å². The fraction of sp³-hybridized carbons (Fsp3) is 0.308. The average Bonchev–Trinajstić information content (AvgIpc) is 2.96. The molecule has 6 nitrogen and oxygen atoms in total. The Balaban J connectivity index is 1.85. The first kappa shape index (κ1) is 11.9. The maximum atomic E-state index is 11.7. The van der Waals surface area contributed by atoms with Crippen LogP contribution in [0.1, 0.15) is 12.2 Å². The molecule has 0 saturated carbocycles. The van der Waals surface area contributed by atoms with E-state index in [0.29, 0.717) is 12.4 Å². The summed E-state index contributed by atoms with van der Waals surface area (Å²) < 4.78 is 0. The number of carbonyl (C=O) groups is 1. The molecule has 3 rings (SSSR count). The number of aryl methyl sites for hydroxylation is 1. The van der Waals surface area contributed by atoms with Gasteiger partial charge in [0.25, 0.3) is 0 Å². The van der Waals surface area contributed by atoms with Gasteiger partial charge in [0.1, 0.15) is 5.82 Å². The first-order chi connectivity index (χ1) is 9.13. The molecule has 2 aromatic rings. The molecule has 98 valence electrons. The SMILES string of the molecule is Cc1nc(-c2ccc(N3CC(O)CC3=O)cc2)n[nH]1. The van der Waals surface area contributed by atoms with E-state index < -0.39 is 6.10 Å². The molecule has 1 saturated heterocycles. The lowest BCUT2D eigenvalue weighted by Gasteiger charge is -2.15. The van der Waals surface area contributed by atoms with Crippen molar-refractivity contribution in [3.05, 3.63) is 30.1 Å². The second kappa shape index (κ2) is 4.47. The largest absolute Gasteiger partial charge is 0.391 e. The van der Waals surface area contributed by atoms with Gasteiger partial charge in [-0.25, -0.2) is 4.98 Å². The smallest absolute Gasteiger partial charge is 0.229 e. The van der Waals surface area contributed by atoms with Crippen molar-refractivity contribution in [3.63, 3.8) is 0 Å². The third-order valence-corrected chi connectivity index (χ3v) is 3.14. The predicted molar refractivity (Wildman–Crippen MR) is 69.5 cm³/mol. The molecule has 19 heavy (non-hydrogen) atoms. The Bertz CT molecular complexity index is 605. The molecular weight excluding hydrogens is 244 g/mol. The number of hydrogen-bond acceptors (Lipinski definition) is 4. The Morgan fingerprint density at radius 3 is 2.63 bits per heavy atom. The van der Waals surface area contributed by atoms with Gasteiger partial charge >= 0.3 is 0 Å². The van der Waals surface area contributed by atoms with Crippen molar-refractivity contribution in [2.75, 3.05) is 11.4 Å². The van der Waals surface area contributed by atoms with E-state index in [1.54, 1.807) is 4.90 Å². The maximum Gasteiger partial charge on any atom is 0.229 e. The van der Waals surface area contributed by atoms with Gasteiger partial charge in [-0.1, -0.05) is 0 Å². The summed E-state index contributed by atoms with van der Waals surface area (Å²) >= 11 is 0. The van der Waals surface area contributed by atoms with Crippen LogP contribution in [0.3, 0.4) is 0 Å². The zero-order valence-electron chi connectivity index (χ0n) is 10.5. The van der Waals surface area contributed by atoms with Crippen LogP contribution in [0.4, 0.5) is 5.69 Å². The molecule has 1 fully saturated rings. The van der Waals surface area contributed by atoms with Gasteiger partial charge < -0.3 is 10.0 Å². The second-order valence-electron chi connectivity index (χ2n) is 4.65. The Kier molecular flexibility index (Phi) is 2.79. The summed E-state index contributed by atoms with van der Waals surface area (Å²) in [6.45, 7) is 2.20. The summed E-state index contributed by atoms with van der Waals surface area (Å²) in [6.07, 6.45) is -0.371. The number of nitrogens with one attached hydrogen (secondary N) is 1. The van der Waals surface area contributed by atoms with Crippen molar-refractivity contribution in [3.8, 4) is 11.4 Å². The average molecular weight is 258 g/mol. The molecule has 2 heterocycles. The molecule has 6 heteroatoms. The highest BCUT2D eigenvalue weighted by atomic mass is 16.3. The fourth-order valence-corrected chi connectivity index (χ4v) is 2.20. The standard InChI is InChI=1S/C13H14N4O2/c1-8-14-13(16-15-8)9-2-4-10(5-3-9)17-7-11(18)6-12(17)19/h2-5,11,18H,6-7H2,1H3,(H,14,15,16). The van der Waals surface area contributed by atoms with Gasteiger partial charge in [-0.15, -0.1) is 0 Å². The van der Waals surface area contributed by atoms with Crippen LogP contribution in [0.2, 0.25) is 0 Å². The van der Waals surface area contributed by atoms with E-state index in [4.69, 9.17) is 0 Å². The molecule has 1 aromatic carbocycles. The number of rotatable bonds is 2. The van der Waals surface area contributed by atoms with Crippen LogP contribution < -0.4 is 4.90 Å². The highest BCUT2D eigenvalue weighted by Crippen LogP contribution is 2.24. The van der Waals surface area contributed by atoms with Crippen LogP contribution in [0.5, 0.6) is 0 Å². The normalized spacial score (nSPS) is 19.2. The highest BCUT2D eigenvalue weighted by Gasteiger charge is 2.28. The number of β-amino-alcohol motifs (C(OH)–C–C–N with tert-alkyl or cyclic N) is 1. The van der Waals surface area contributed by atoms with Crippen LogP contribution >= 0.6 is 0 Å². The number of H-pyrrole nitrogens is 1. The fourth-order valence-electron chi connectivity index (χ4n) is 2.20. The monoisotopic (exact) mass is 258 g/mol. The second-order valence-corrected chi connectivity index (χ2v) is 4.65. The van der Waals surface area contributed by atoms with E-state index in [9.17, 15) is 9.90 Å². The van der Waals surface area contributed by atoms with E-state index in [1.165, 1.54) is 0 Å². The molecule has 2 N–H and O–H groups in total. The molecule has 0 bridgehead atoms. The minimum Gasteiger partial charge on any atom is -0.391 e. The molecule has 1 aliphatic rings. The van der Waals surface area contributed by atoms with E-state index >= 15 is 0 Å². The number of amides is 1. The van der Waals surface area contributed by atoms with Gasteiger partial charge in [-0.2, -0.15) is 5.10 Å². The maximum absolute atomic E-state index is 11.7. The lowest BCUT2D eigenvalue weighted by atomic mass is 10.2. The molecule has 1 atom stereocenters. The number of nitrogens with zero attached hydrogens (tertiary/aromatic N) is 3. The number of hydrogen-bond donors (Lipinski definition) is 2. The van der Waals surface area contributed by atoms with Gasteiger partial charge in [-0.3, -0.25) is 9.89 Å². The number of benzene rings is 1. The summed E-state index contributed by atoms with van der Waals surface area (Å²) in [5.74, 6) is 1.35. The third-order valence-electron chi connectivity index (χ3n) is 3.14. The number of aliphatic hydroxyl groups is 1. The summed E-state index contributed by atoms with van der Waals surface area (Å²) in [7, 11) is 0. The van der Waals surface area contributed by atoms with Gasteiger partial charge in [-0.05, 0) is 31.2 Å². The Hall–Kier alpha value is -2.21. The first-order valence-electron chi connectivity index (χ1n) is 6.11. The van der Waals surface area contributed by atoms with Gasteiger partial charge in [0, 0.05) is 11.3 Å². The van der Waals surface area contributed by atoms with E-state index in [0.717, 1.165) is 17.1 Å². The van der Waals surface area contributed by atoms with E-state index in [-0.39, 0.29) is 12.3 Å². The summed E-state index contributed by atoms with van der Waals surface area (Å²) in [4.78, 5) is 17.5. The minimum absolute atomic E-state index is 0.0472. The number of anilines is 1. The zero-order valence-corrected chi connectivity index (χ0v) is 10.5. The molecule has 0 spiro atoms. The predicted octanol–water partition coefficient (Wildman–Crippen LogP) is 0.878. The molecular formula is C13H14N4O2. The van der Waals surface area contributed by atoms with Crippen molar-refractivity contribution < 1.29 is 9.90 Å². The van der Waals surface area contributed by atoms with E-state index in [1.807, 2.05) is 31.2 Å². The molecule has 1 aromatic heterocycles. The first-order valence-corrected chi connectivity index (χ1v) is 6.11. The quantitative estimate of drug-likeness (QED) is 0.837. The minimum atomic E-state index is -0.567. The van der Waals surface area contributed by atoms with Gasteiger partial charge in [0.15, 0.2) is 5.82 Å². The summed E-state index contributed by atoms with van der Waals surface area (Å²) in [5.41, 5.74) is 1.68. The van der Waals surface area contributed by atoms with Crippen molar-refractivity contribution in [2.45, 2.75) is 19.4 Å². The number of aromatic amines is 1. The lowest BCUT2D eigenvalue weighted by molar-refractivity contribution is -0.117. The molecule has 1 unspecified atom stereocenters. The van der Waals surface area contributed by atoms with Crippen LogP contribution in [0, 0.1) is 6.92 Å². The van der Waals surface area contributed by atoms with E-state index in [2.05, 4.69) is 15.2 Å². The van der Waals surface area contributed by atoms with Crippen molar-refractivity contribution in [1.29, 1.82) is 0 Å². The number of aromatic nitrogens is 3. The van der Waals surface area contributed by atoms with Crippen molar-refractivity contribution in [1.82, 2.24) is 15.2 Å². The van der Waals surface area contributed by atoms with Crippen LogP contribution in [-0.2, 0) is 4.79 Å². The number of carbonyl (C=O) groups excluding carboxylic acids is 1. The van der Waals surface area contributed by atoms with Crippen LogP contribution in [0.15, 0.2) is 24.3 Å². The summed E-state index contributed by atoms with van der Waals surface area (Å²) in [6, 6.07) is 7.43. The topological polar surface area (TPSA) is 82.1 Å². The number of aliphatic hydroxyl groups excluding tert-OH is 1. The van der Waals surface area contributed by atoms with Crippen molar-refractivity contribution in [2.24, 2.45) is 0 Å². The molecule has 0 radical (unpaired) electrons. The lowest BCUT2D eigenvalue weighted by Crippen LogP contribution is -2.25.